The van der Waals surface area contributed by atoms with Gasteiger partial charge in [-0.1, -0.05) is 6.07 Å². The number of β-amino-alcohol motifs (C(OH)–C–C–N with tert-alkyl or cyclic N) is 1. The minimum absolute atomic E-state index is 0.331. The van der Waals surface area contributed by atoms with Crippen molar-refractivity contribution in [2.45, 2.75) is 38.8 Å². The molecule has 0 spiro atoms. The van der Waals surface area contributed by atoms with E-state index in [0.717, 1.165) is 37.4 Å². The van der Waals surface area contributed by atoms with Crippen molar-refractivity contribution in [1.82, 2.24) is 14.7 Å². The molecular weight excluding hydrogens is 302 g/mol. The van der Waals surface area contributed by atoms with E-state index in [4.69, 9.17) is 4.74 Å². The van der Waals surface area contributed by atoms with Gasteiger partial charge in [0, 0.05) is 26.3 Å². The van der Waals surface area contributed by atoms with Crippen LogP contribution in [-0.2, 0) is 13.6 Å². The Hall–Kier alpha value is -1.85. The maximum absolute atomic E-state index is 10.9. The predicted molar refractivity (Wildman–Crippen MR) is 94.1 cm³/mol. The van der Waals surface area contributed by atoms with Crippen LogP contribution in [0.1, 0.15) is 29.7 Å². The molecule has 0 saturated carbocycles. The summed E-state index contributed by atoms with van der Waals surface area (Å²) in [6, 6.07) is 8.10. The summed E-state index contributed by atoms with van der Waals surface area (Å²) in [6.45, 7) is 6.93. The monoisotopic (exact) mass is 329 g/mol. The topological polar surface area (TPSA) is 50.5 Å². The molecule has 1 unspecified atom stereocenters. The van der Waals surface area contributed by atoms with E-state index in [-0.39, 0.29) is 0 Å². The Kier molecular flexibility index (Phi) is 4.92. The van der Waals surface area contributed by atoms with Crippen LogP contribution < -0.4 is 4.74 Å². The van der Waals surface area contributed by atoms with Gasteiger partial charge in [-0.3, -0.25) is 9.58 Å². The van der Waals surface area contributed by atoms with Gasteiger partial charge in [-0.25, -0.2) is 0 Å². The minimum atomic E-state index is -0.796. The molecule has 3 rings (SSSR count). The molecule has 130 valence electrons. The Morgan fingerprint density at radius 2 is 2.08 bits per heavy atom. The standard InChI is InChI=1S/C19H27N3O2/c1-15-5-6-18(11-16(15)2)24-14-19(23)8-4-10-22(13-19)12-17-7-9-20-21(17)3/h5-7,9,11,23H,4,8,10,12-14H2,1-3H3. The summed E-state index contributed by atoms with van der Waals surface area (Å²) in [5.41, 5.74) is 2.83. The Morgan fingerprint density at radius 3 is 2.79 bits per heavy atom. The highest BCUT2D eigenvalue weighted by molar-refractivity contribution is 5.33. The van der Waals surface area contributed by atoms with Crippen molar-refractivity contribution in [2.24, 2.45) is 7.05 Å². The maximum atomic E-state index is 10.9. The van der Waals surface area contributed by atoms with Crippen LogP contribution in [-0.4, -0.2) is 45.1 Å². The van der Waals surface area contributed by atoms with Crippen molar-refractivity contribution in [1.29, 1.82) is 0 Å². The van der Waals surface area contributed by atoms with Gasteiger partial charge in [0.05, 0.1) is 5.69 Å². The van der Waals surface area contributed by atoms with E-state index in [9.17, 15) is 5.11 Å². The lowest BCUT2D eigenvalue weighted by Gasteiger charge is -2.38. The zero-order valence-corrected chi connectivity index (χ0v) is 14.8. The zero-order chi connectivity index (χ0) is 17.2. The van der Waals surface area contributed by atoms with E-state index in [1.807, 2.05) is 36.1 Å². The summed E-state index contributed by atoms with van der Waals surface area (Å²) in [7, 11) is 1.95. The van der Waals surface area contributed by atoms with Crippen LogP contribution in [0.2, 0.25) is 0 Å². The molecule has 5 heteroatoms. The van der Waals surface area contributed by atoms with Gasteiger partial charge in [-0.05, 0) is 62.6 Å². The molecule has 0 amide bonds. The van der Waals surface area contributed by atoms with E-state index in [0.29, 0.717) is 13.2 Å². The number of aliphatic hydroxyl groups is 1. The predicted octanol–water partition coefficient (Wildman–Crippen LogP) is 2.44. The third kappa shape index (κ3) is 3.97. The second-order valence-electron chi connectivity index (χ2n) is 7.02. The van der Waals surface area contributed by atoms with Gasteiger partial charge < -0.3 is 9.84 Å². The molecule has 0 radical (unpaired) electrons. The first kappa shape index (κ1) is 17.0. The van der Waals surface area contributed by atoms with Crippen LogP contribution in [0.5, 0.6) is 5.75 Å². The first-order chi connectivity index (χ1) is 11.5. The fourth-order valence-electron chi connectivity index (χ4n) is 3.27. The van der Waals surface area contributed by atoms with E-state index >= 15 is 0 Å². The summed E-state index contributed by atoms with van der Waals surface area (Å²) in [5, 5.41) is 15.1. The minimum Gasteiger partial charge on any atom is -0.491 e. The average Bonchev–Trinajstić information content (AvgIpc) is 2.94. The van der Waals surface area contributed by atoms with Gasteiger partial charge in [0.1, 0.15) is 18.0 Å². The third-order valence-electron chi connectivity index (χ3n) is 4.93. The molecule has 5 nitrogen and oxygen atoms in total. The third-order valence-corrected chi connectivity index (χ3v) is 4.93. The Labute approximate surface area is 143 Å². The molecule has 0 aliphatic carbocycles. The number of hydrogen-bond acceptors (Lipinski definition) is 4. The summed E-state index contributed by atoms with van der Waals surface area (Å²) in [4.78, 5) is 2.28. The van der Waals surface area contributed by atoms with Crippen molar-refractivity contribution >= 4 is 0 Å². The molecule has 1 N–H and O–H groups in total. The van der Waals surface area contributed by atoms with Crippen molar-refractivity contribution in [3.8, 4) is 5.75 Å². The van der Waals surface area contributed by atoms with Gasteiger partial charge in [-0.2, -0.15) is 5.10 Å². The Balaban J connectivity index is 1.59. The van der Waals surface area contributed by atoms with Gasteiger partial charge in [-0.15, -0.1) is 0 Å². The van der Waals surface area contributed by atoms with E-state index in [1.165, 1.54) is 11.1 Å². The number of likely N-dealkylation sites (tertiary alicyclic amines) is 1. The van der Waals surface area contributed by atoms with Crippen LogP contribution in [0, 0.1) is 13.8 Å². The highest BCUT2D eigenvalue weighted by Gasteiger charge is 2.34. The molecule has 1 aromatic carbocycles. The quantitative estimate of drug-likeness (QED) is 0.915. The van der Waals surface area contributed by atoms with Gasteiger partial charge in [0.2, 0.25) is 0 Å². The highest BCUT2D eigenvalue weighted by Crippen LogP contribution is 2.25. The van der Waals surface area contributed by atoms with Crippen LogP contribution in [0.15, 0.2) is 30.5 Å². The lowest BCUT2D eigenvalue weighted by Crippen LogP contribution is -2.51. The smallest absolute Gasteiger partial charge is 0.119 e. The van der Waals surface area contributed by atoms with Crippen LogP contribution in [0.25, 0.3) is 0 Å². The number of aromatic nitrogens is 2. The molecule has 1 aromatic heterocycles. The number of aryl methyl sites for hydroxylation is 3. The number of piperidine rings is 1. The normalized spacial score (nSPS) is 21.8. The average molecular weight is 329 g/mol. The first-order valence-corrected chi connectivity index (χ1v) is 8.57. The number of rotatable bonds is 5. The van der Waals surface area contributed by atoms with Gasteiger partial charge in [0.15, 0.2) is 0 Å². The lowest BCUT2D eigenvalue weighted by atomic mass is 9.93. The number of nitrogens with zero attached hydrogens (tertiary/aromatic N) is 3. The molecule has 1 fully saturated rings. The lowest BCUT2D eigenvalue weighted by molar-refractivity contribution is -0.0625. The summed E-state index contributed by atoms with van der Waals surface area (Å²) < 4.78 is 7.79. The number of hydrogen-bond donors (Lipinski definition) is 1. The summed E-state index contributed by atoms with van der Waals surface area (Å²) >= 11 is 0. The SMILES string of the molecule is Cc1ccc(OCC2(O)CCCN(Cc3ccnn3C)C2)cc1C. The molecule has 24 heavy (non-hydrogen) atoms. The Morgan fingerprint density at radius 1 is 1.25 bits per heavy atom. The maximum Gasteiger partial charge on any atom is 0.119 e. The molecular formula is C19H27N3O2. The molecule has 0 bridgehead atoms. The number of ether oxygens (including phenoxy) is 1. The van der Waals surface area contributed by atoms with E-state index < -0.39 is 5.60 Å². The summed E-state index contributed by atoms with van der Waals surface area (Å²) in [5.74, 6) is 0.829. The van der Waals surface area contributed by atoms with Crippen LogP contribution in [0.4, 0.5) is 0 Å². The fourth-order valence-corrected chi connectivity index (χ4v) is 3.27. The molecule has 2 heterocycles. The first-order valence-electron chi connectivity index (χ1n) is 8.57. The molecule has 2 aromatic rings. The van der Waals surface area contributed by atoms with Crippen LogP contribution in [0.3, 0.4) is 0 Å². The van der Waals surface area contributed by atoms with Crippen molar-refractivity contribution in [3.05, 3.63) is 47.3 Å². The second-order valence-corrected chi connectivity index (χ2v) is 7.02. The van der Waals surface area contributed by atoms with Crippen molar-refractivity contribution < 1.29 is 9.84 Å². The van der Waals surface area contributed by atoms with E-state index in [2.05, 4.69) is 29.9 Å². The van der Waals surface area contributed by atoms with Crippen molar-refractivity contribution in [2.75, 3.05) is 19.7 Å². The largest absolute Gasteiger partial charge is 0.491 e. The molecule has 1 atom stereocenters. The highest BCUT2D eigenvalue weighted by atomic mass is 16.5. The second kappa shape index (κ2) is 6.95. The fraction of sp³-hybridized carbons (Fsp3) is 0.526. The Bertz CT molecular complexity index is 698. The number of benzene rings is 1. The van der Waals surface area contributed by atoms with Gasteiger partial charge >= 0.3 is 0 Å². The molecule has 1 saturated heterocycles. The van der Waals surface area contributed by atoms with Crippen LogP contribution >= 0.6 is 0 Å². The molecule has 1 aliphatic rings. The zero-order valence-electron chi connectivity index (χ0n) is 14.8. The van der Waals surface area contributed by atoms with Crippen molar-refractivity contribution in [3.63, 3.8) is 0 Å². The van der Waals surface area contributed by atoms with E-state index in [1.54, 1.807) is 0 Å². The summed E-state index contributed by atoms with van der Waals surface area (Å²) in [6.07, 6.45) is 3.57. The van der Waals surface area contributed by atoms with Gasteiger partial charge in [0.25, 0.3) is 0 Å². The molecule has 1 aliphatic heterocycles.